The molecule has 0 amide bonds. The van der Waals surface area contributed by atoms with Gasteiger partial charge < -0.3 is 8.83 Å². The molecule has 3 aromatic rings. The summed E-state index contributed by atoms with van der Waals surface area (Å²) in [5.74, 6) is 1.65. The molecular weight excluding hydrogens is 294 g/mol. The van der Waals surface area contributed by atoms with Gasteiger partial charge >= 0.3 is 0 Å². The van der Waals surface area contributed by atoms with Crippen LogP contribution in [-0.2, 0) is 6.54 Å². The van der Waals surface area contributed by atoms with E-state index in [-0.39, 0.29) is 0 Å². The van der Waals surface area contributed by atoms with Crippen LogP contribution in [0.1, 0.15) is 29.7 Å². The van der Waals surface area contributed by atoms with E-state index in [4.69, 9.17) is 8.83 Å². The van der Waals surface area contributed by atoms with Gasteiger partial charge in [-0.3, -0.25) is 9.58 Å². The number of hydrogen-bond donors (Lipinski definition) is 0. The zero-order chi connectivity index (χ0) is 15.8. The predicted molar refractivity (Wildman–Crippen MR) is 82.6 cm³/mol. The second-order valence-corrected chi connectivity index (χ2v) is 6.03. The Hall–Kier alpha value is -2.41. The van der Waals surface area contributed by atoms with Crippen LogP contribution in [-0.4, -0.2) is 38.0 Å². The molecule has 0 aromatic carbocycles. The van der Waals surface area contributed by atoms with Gasteiger partial charge in [0.1, 0.15) is 0 Å². The summed E-state index contributed by atoms with van der Waals surface area (Å²) in [5.41, 5.74) is 2.29. The molecule has 1 unspecified atom stereocenters. The second-order valence-electron chi connectivity index (χ2n) is 6.03. The maximum absolute atomic E-state index is 5.68. The number of aryl methyl sites for hydroxylation is 2. The van der Waals surface area contributed by atoms with E-state index in [9.17, 15) is 0 Å². The predicted octanol–water partition coefficient (Wildman–Crippen LogP) is 2.59. The Labute approximate surface area is 133 Å². The van der Waals surface area contributed by atoms with Crippen molar-refractivity contribution in [2.45, 2.75) is 32.9 Å². The van der Waals surface area contributed by atoms with Crippen molar-refractivity contribution in [2.75, 3.05) is 13.1 Å². The molecule has 1 fully saturated rings. The van der Waals surface area contributed by atoms with Gasteiger partial charge in [0.15, 0.2) is 5.76 Å². The number of nitrogens with zero attached hydrogens (tertiary/aromatic N) is 5. The van der Waals surface area contributed by atoms with E-state index in [1.807, 2.05) is 13.0 Å². The van der Waals surface area contributed by atoms with Gasteiger partial charge in [0.05, 0.1) is 24.5 Å². The summed E-state index contributed by atoms with van der Waals surface area (Å²) < 4.78 is 13.1. The Bertz CT molecular complexity index is 789. The van der Waals surface area contributed by atoms with Crippen molar-refractivity contribution in [2.24, 2.45) is 0 Å². The topological polar surface area (TPSA) is 73.1 Å². The van der Waals surface area contributed by atoms with Gasteiger partial charge in [0.25, 0.3) is 5.89 Å². The Morgan fingerprint density at radius 1 is 1.30 bits per heavy atom. The molecule has 120 valence electrons. The third-order valence-electron chi connectivity index (χ3n) is 4.20. The monoisotopic (exact) mass is 313 g/mol. The number of rotatable bonds is 4. The standard InChI is InChI=1S/C16H19N5O2/c1-11-8-12(2)21(19-11)13-5-6-20(9-13)10-15-17-18-16(23-15)14-4-3-7-22-14/h3-4,7-8,13H,5-6,9-10H2,1-2H3. The smallest absolute Gasteiger partial charge is 0.283 e. The van der Waals surface area contributed by atoms with Gasteiger partial charge in [-0.15, -0.1) is 10.2 Å². The number of hydrogen-bond acceptors (Lipinski definition) is 6. The third-order valence-corrected chi connectivity index (χ3v) is 4.20. The molecule has 7 nitrogen and oxygen atoms in total. The van der Waals surface area contributed by atoms with Crippen LogP contribution in [0.25, 0.3) is 11.7 Å². The fourth-order valence-corrected chi connectivity index (χ4v) is 3.18. The van der Waals surface area contributed by atoms with E-state index in [1.54, 1.807) is 12.3 Å². The molecule has 1 atom stereocenters. The van der Waals surface area contributed by atoms with E-state index >= 15 is 0 Å². The van der Waals surface area contributed by atoms with Gasteiger partial charge in [-0.05, 0) is 38.5 Å². The average molecular weight is 313 g/mol. The Morgan fingerprint density at radius 3 is 2.96 bits per heavy atom. The lowest BCUT2D eigenvalue weighted by Gasteiger charge is -2.15. The summed E-state index contributed by atoms with van der Waals surface area (Å²) in [4.78, 5) is 2.32. The van der Waals surface area contributed by atoms with Gasteiger partial charge in [-0.25, -0.2) is 0 Å². The highest BCUT2D eigenvalue weighted by molar-refractivity contribution is 5.42. The number of likely N-dealkylation sites (tertiary alicyclic amines) is 1. The first-order valence-electron chi connectivity index (χ1n) is 7.80. The number of aromatic nitrogens is 4. The molecule has 0 aliphatic carbocycles. The van der Waals surface area contributed by atoms with Crippen LogP contribution in [0.3, 0.4) is 0 Å². The maximum Gasteiger partial charge on any atom is 0.283 e. The van der Waals surface area contributed by atoms with Crippen molar-refractivity contribution in [1.82, 2.24) is 24.9 Å². The fourth-order valence-electron chi connectivity index (χ4n) is 3.18. The van der Waals surface area contributed by atoms with Crippen molar-refractivity contribution in [3.63, 3.8) is 0 Å². The van der Waals surface area contributed by atoms with Crippen LogP contribution >= 0.6 is 0 Å². The van der Waals surface area contributed by atoms with Crippen LogP contribution in [0.4, 0.5) is 0 Å². The van der Waals surface area contributed by atoms with E-state index in [2.05, 4.69) is 37.9 Å². The Kier molecular flexibility index (Phi) is 3.49. The summed E-state index contributed by atoms with van der Waals surface area (Å²) in [5, 5.41) is 12.8. The molecule has 23 heavy (non-hydrogen) atoms. The summed E-state index contributed by atoms with van der Waals surface area (Å²) in [6.07, 6.45) is 2.68. The molecule has 3 aromatic heterocycles. The molecule has 0 bridgehead atoms. The fraction of sp³-hybridized carbons (Fsp3) is 0.438. The highest BCUT2D eigenvalue weighted by Crippen LogP contribution is 2.25. The highest BCUT2D eigenvalue weighted by Gasteiger charge is 2.27. The molecule has 4 rings (SSSR count). The van der Waals surface area contributed by atoms with Crippen molar-refractivity contribution < 1.29 is 8.83 Å². The second kappa shape index (κ2) is 5.66. The highest BCUT2D eigenvalue weighted by atomic mass is 16.4. The lowest BCUT2D eigenvalue weighted by Crippen LogP contribution is -2.22. The first-order chi connectivity index (χ1) is 11.2. The minimum atomic E-state index is 0.413. The van der Waals surface area contributed by atoms with Gasteiger partial charge in [0.2, 0.25) is 5.89 Å². The zero-order valence-electron chi connectivity index (χ0n) is 13.3. The SMILES string of the molecule is Cc1cc(C)n(C2CCN(Cc3nnc(-c4ccco4)o3)C2)n1. The molecule has 1 aliphatic heterocycles. The molecular formula is C16H19N5O2. The Balaban J connectivity index is 1.42. The minimum absolute atomic E-state index is 0.413. The first kappa shape index (κ1) is 14.2. The van der Waals surface area contributed by atoms with Crippen molar-refractivity contribution in [3.05, 3.63) is 41.7 Å². The van der Waals surface area contributed by atoms with Crippen molar-refractivity contribution >= 4 is 0 Å². The van der Waals surface area contributed by atoms with Crippen molar-refractivity contribution in [1.29, 1.82) is 0 Å². The van der Waals surface area contributed by atoms with Crippen LogP contribution in [0.2, 0.25) is 0 Å². The molecule has 0 radical (unpaired) electrons. The maximum atomic E-state index is 5.68. The number of furan rings is 1. The van der Waals surface area contributed by atoms with E-state index in [0.29, 0.717) is 30.1 Å². The lowest BCUT2D eigenvalue weighted by molar-refractivity contribution is 0.277. The molecule has 1 aliphatic rings. The molecule has 0 N–H and O–H groups in total. The van der Waals surface area contributed by atoms with Crippen LogP contribution < -0.4 is 0 Å². The first-order valence-corrected chi connectivity index (χ1v) is 7.80. The summed E-state index contributed by atoms with van der Waals surface area (Å²) in [7, 11) is 0. The quantitative estimate of drug-likeness (QED) is 0.737. The molecule has 7 heteroatoms. The van der Waals surface area contributed by atoms with Crippen LogP contribution in [0.15, 0.2) is 33.3 Å². The molecule has 1 saturated heterocycles. The third kappa shape index (κ3) is 2.79. The molecule has 0 saturated carbocycles. The Morgan fingerprint density at radius 2 is 2.22 bits per heavy atom. The van der Waals surface area contributed by atoms with Crippen LogP contribution in [0, 0.1) is 13.8 Å². The van der Waals surface area contributed by atoms with Crippen LogP contribution in [0.5, 0.6) is 0 Å². The zero-order valence-corrected chi connectivity index (χ0v) is 13.3. The largest absolute Gasteiger partial charge is 0.459 e. The van der Waals surface area contributed by atoms with E-state index in [0.717, 1.165) is 25.2 Å². The molecule has 0 spiro atoms. The minimum Gasteiger partial charge on any atom is -0.459 e. The normalized spacial score (nSPS) is 18.8. The molecule has 4 heterocycles. The van der Waals surface area contributed by atoms with Gasteiger partial charge in [0, 0.05) is 18.8 Å². The average Bonchev–Trinajstić information content (AvgIpc) is 3.27. The van der Waals surface area contributed by atoms with Gasteiger partial charge in [-0.1, -0.05) is 0 Å². The summed E-state index contributed by atoms with van der Waals surface area (Å²) >= 11 is 0. The summed E-state index contributed by atoms with van der Waals surface area (Å²) in [6.45, 7) is 6.74. The summed E-state index contributed by atoms with van der Waals surface area (Å²) in [6, 6.07) is 6.15. The van der Waals surface area contributed by atoms with E-state index in [1.165, 1.54) is 5.69 Å². The van der Waals surface area contributed by atoms with Gasteiger partial charge in [-0.2, -0.15) is 5.10 Å². The van der Waals surface area contributed by atoms with Crippen molar-refractivity contribution in [3.8, 4) is 11.7 Å². The lowest BCUT2D eigenvalue weighted by atomic mass is 10.2. The van der Waals surface area contributed by atoms with E-state index < -0.39 is 0 Å².